The molecule has 1 unspecified atom stereocenters. The molecule has 1 aliphatic heterocycles. The Hall–Kier alpha value is -4.30. The average molecular weight is 516 g/mol. The number of allylic oxidation sites excluding steroid dienone is 1. The zero-order chi connectivity index (χ0) is 25.9. The third-order valence-electron chi connectivity index (χ3n) is 6.08. The van der Waals surface area contributed by atoms with Gasteiger partial charge in [-0.3, -0.25) is 4.79 Å². The van der Waals surface area contributed by atoms with E-state index in [0.29, 0.717) is 57.4 Å². The van der Waals surface area contributed by atoms with Gasteiger partial charge in [0.2, 0.25) is 5.95 Å². The van der Waals surface area contributed by atoms with Crippen LogP contribution in [0.1, 0.15) is 25.5 Å². The first-order chi connectivity index (χ1) is 18.0. The van der Waals surface area contributed by atoms with E-state index in [2.05, 4.69) is 10.6 Å². The van der Waals surface area contributed by atoms with Crippen LogP contribution in [0, 0.1) is 0 Å². The quantitative estimate of drug-likeness (QED) is 0.317. The number of amides is 1. The van der Waals surface area contributed by atoms with Crippen LogP contribution in [-0.4, -0.2) is 34.4 Å². The smallest absolute Gasteiger partial charge is 0.255 e. The number of carbonyl (C=O) groups is 1. The molecule has 1 aromatic heterocycles. The number of rotatable bonds is 7. The molecular weight excluding hydrogens is 490 g/mol. The lowest BCUT2D eigenvalue weighted by Gasteiger charge is -2.29. The van der Waals surface area contributed by atoms with Crippen LogP contribution in [0.25, 0.3) is 11.4 Å². The number of fused-ring (bicyclic) bond motifs is 1. The van der Waals surface area contributed by atoms with Crippen molar-refractivity contribution < 1.29 is 14.3 Å². The first-order valence-electron chi connectivity index (χ1n) is 11.9. The number of nitrogens with zero attached hydrogens (tertiary/aromatic N) is 3. The fraction of sp³-hybridized carbons (Fsp3) is 0.179. The summed E-state index contributed by atoms with van der Waals surface area (Å²) in [7, 11) is 1.57. The Bertz CT molecular complexity index is 1500. The largest absolute Gasteiger partial charge is 0.495 e. The molecule has 0 bridgehead atoms. The van der Waals surface area contributed by atoms with Crippen molar-refractivity contribution in [2.24, 2.45) is 0 Å². The summed E-state index contributed by atoms with van der Waals surface area (Å²) in [6, 6.07) is 21.7. The summed E-state index contributed by atoms with van der Waals surface area (Å²) in [5.74, 6) is 1.87. The maximum atomic E-state index is 13.9. The highest BCUT2D eigenvalue weighted by Crippen LogP contribution is 2.41. The Kier molecular flexibility index (Phi) is 6.83. The number of nitrogens with one attached hydrogen (secondary N) is 2. The number of halogens is 1. The summed E-state index contributed by atoms with van der Waals surface area (Å²) >= 11 is 6.45. The number of benzene rings is 3. The van der Waals surface area contributed by atoms with E-state index in [9.17, 15) is 4.79 Å². The Morgan fingerprint density at radius 2 is 1.76 bits per heavy atom. The number of anilines is 2. The molecule has 1 amide bonds. The van der Waals surface area contributed by atoms with Gasteiger partial charge < -0.3 is 20.1 Å². The summed E-state index contributed by atoms with van der Waals surface area (Å²) in [5, 5.41) is 11.6. The molecule has 4 aromatic rings. The maximum Gasteiger partial charge on any atom is 0.255 e. The van der Waals surface area contributed by atoms with E-state index in [0.717, 1.165) is 5.56 Å². The van der Waals surface area contributed by atoms with Crippen molar-refractivity contribution >= 4 is 29.1 Å². The topological polar surface area (TPSA) is 90.3 Å². The maximum absolute atomic E-state index is 13.9. The molecule has 0 fully saturated rings. The molecule has 8 nitrogen and oxygen atoms in total. The highest BCUT2D eigenvalue weighted by Gasteiger charge is 2.36. The Labute approximate surface area is 219 Å². The minimum atomic E-state index is -0.613. The number of carbonyl (C=O) groups excluding carboxylic acids is 1. The molecule has 5 rings (SSSR count). The lowest BCUT2D eigenvalue weighted by molar-refractivity contribution is -0.113. The lowest BCUT2D eigenvalue weighted by Crippen LogP contribution is -2.31. The first kappa shape index (κ1) is 24.4. The van der Waals surface area contributed by atoms with E-state index in [1.807, 2.05) is 68.4 Å². The summed E-state index contributed by atoms with van der Waals surface area (Å²) in [6.45, 7) is 4.25. The summed E-state index contributed by atoms with van der Waals surface area (Å²) in [5.41, 5.74) is 3.17. The minimum absolute atomic E-state index is 0.300. The average Bonchev–Trinajstić information content (AvgIpc) is 3.32. The van der Waals surface area contributed by atoms with Crippen LogP contribution in [0.15, 0.2) is 84.1 Å². The second kappa shape index (κ2) is 10.4. The van der Waals surface area contributed by atoms with E-state index in [1.165, 1.54) is 0 Å². The van der Waals surface area contributed by atoms with Crippen molar-refractivity contribution in [2.75, 3.05) is 24.4 Å². The van der Waals surface area contributed by atoms with Crippen LogP contribution in [-0.2, 0) is 4.79 Å². The molecule has 188 valence electrons. The number of hydrogen-bond donors (Lipinski definition) is 2. The zero-order valence-corrected chi connectivity index (χ0v) is 21.4. The van der Waals surface area contributed by atoms with Crippen LogP contribution in [0.2, 0.25) is 5.02 Å². The Balaban J connectivity index is 1.65. The SMILES string of the molecule is CCOc1ccccc1C1C(C(=O)Nc2ccccc2OC)=C(C)Nc2nc(-c3ccccc3Cl)nn21. The molecule has 2 N–H and O–H groups in total. The molecule has 2 heterocycles. The predicted molar refractivity (Wildman–Crippen MR) is 144 cm³/mol. The van der Waals surface area contributed by atoms with Crippen LogP contribution < -0.4 is 20.1 Å². The van der Waals surface area contributed by atoms with E-state index in [4.69, 9.17) is 31.2 Å². The van der Waals surface area contributed by atoms with Crippen molar-refractivity contribution in [3.05, 3.63) is 94.7 Å². The van der Waals surface area contributed by atoms with Gasteiger partial charge in [-0.25, -0.2) is 4.68 Å². The van der Waals surface area contributed by atoms with Gasteiger partial charge in [0.1, 0.15) is 17.5 Å². The van der Waals surface area contributed by atoms with Gasteiger partial charge in [-0.05, 0) is 44.2 Å². The number of aromatic nitrogens is 3. The van der Waals surface area contributed by atoms with Gasteiger partial charge in [-0.1, -0.05) is 54.1 Å². The molecule has 1 atom stereocenters. The van der Waals surface area contributed by atoms with Crippen molar-refractivity contribution in [1.29, 1.82) is 0 Å². The standard InChI is InChI=1S/C28H26ClN5O3/c1-4-37-22-15-9-6-12-19(22)25-24(27(35)31-21-14-8-10-16-23(21)36-3)17(2)30-28-32-26(33-34(25)28)18-11-5-7-13-20(18)29/h5-16,25H,4H2,1-3H3,(H,31,35)(H,30,32,33). The molecule has 37 heavy (non-hydrogen) atoms. The molecular formula is C28H26ClN5O3. The van der Waals surface area contributed by atoms with Gasteiger partial charge >= 0.3 is 0 Å². The third kappa shape index (κ3) is 4.63. The molecule has 0 aliphatic carbocycles. The van der Waals surface area contributed by atoms with Gasteiger partial charge in [0.15, 0.2) is 5.82 Å². The van der Waals surface area contributed by atoms with Gasteiger partial charge in [-0.15, -0.1) is 5.10 Å². The molecule has 1 aliphatic rings. The van der Waals surface area contributed by atoms with Gasteiger partial charge in [0.05, 0.1) is 30.0 Å². The molecule has 0 saturated heterocycles. The Morgan fingerprint density at radius 3 is 2.51 bits per heavy atom. The van der Waals surface area contributed by atoms with Gasteiger partial charge in [0.25, 0.3) is 5.91 Å². The predicted octanol–water partition coefficient (Wildman–Crippen LogP) is 5.93. The number of methoxy groups -OCH3 is 1. The summed E-state index contributed by atoms with van der Waals surface area (Å²) < 4.78 is 13.1. The van der Waals surface area contributed by atoms with E-state index >= 15 is 0 Å². The van der Waals surface area contributed by atoms with Crippen LogP contribution >= 0.6 is 11.6 Å². The van der Waals surface area contributed by atoms with E-state index in [-0.39, 0.29) is 5.91 Å². The van der Waals surface area contributed by atoms with Crippen molar-refractivity contribution in [3.63, 3.8) is 0 Å². The fourth-order valence-electron chi connectivity index (χ4n) is 4.42. The van der Waals surface area contributed by atoms with Crippen LogP contribution in [0.5, 0.6) is 11.5 Å². The first-order valence-corrected chi connectivity index (χ1v) is 12.2. The molecule has 0 spiro atoms. The molecule has 3 aromatic carbocycles. The van der Waals surface area contributed by atoms with Crippen LogP contribution in [0.3, 0.4) is 0 Å². The van der Waals surface area contributed by atoms with Crippen molar-refractivity contribution in [3.8, 4) is 22.9 Å². The fourth-order valence-corrected chi connectivity index (χ4v) is 4.64. The van der Waals surface area contributed by atoms with Crippen molar-refractivity contribution in [1.82, 2.24) is 14.8 Å². The highest BCUT2D eigenvalue weighted by atomic mass is 35.5. The van der Waals surface area contributed by atoms with Crippen LogP contribution in [0.4, 0.5) is 11.6 Å². The van der Waals surface area contributed by atoms with E-state index < -0.39 is 6.04 Å². The summed E-state index contributed by atoms with van der Waals surface area (Å²) in [4.78, 5) is 18.6. The Morgan fingerprint density at radius 1 is 1.05 bits per heavy atom. The molecule has 9 heteroatoms. The van der Waals surface area contributed by atoms with E-state index in [1.54, 1.807) is 30.0 Å². The highest BCUT2D eigenvalue weighted by molar-refractivity contribution is 6.33. The number of hydrogen-bond acceptors (Lipinski definition) is 6. The number of ether oxygens (including phenoxy) is 2. The normalized spacial score (nSPS) is 14.5. The van der Waals surface area contributed by atoms with Crippen molar-refractivity contribution in [2.45, 2.75) is 19.9 Å². The number of para-hydroxylation sites is 3. The van der Waals surface area contributed by atoms with Gasteiger partial charge in [-0.2, -0.15) is 4.98 Å². The lowest BCUT2D eigenvalue weighted by atomic mass is 9.94. The van der Waals surface area contributed by atoms with Gasteiger partial charge in [0, 0.05) is 16.8 Å². The summed E-state index contributed by atoms with van der Waals surface area (Å²) in [6.07, 6.45) is 0. The third-order valence-corrected chi connectivity index (χ3v) is 6.41. The zero-order valence-electron chi connectivity index (χ0n) is 20.7. The molecule has 0 radical (unpaired) electrons. The molecule has 0 saturated carbocycles. The monoisotopic (exact) mass is 515 g/mol. The minimum Gasteiger partial charge on any atom is -0.495 e. The second-order valence-electron chi connectivity index (χ2n) is 8.37. The second-order valence-corrected chi connectivity index (χ2v) is 8.78.